The molecule has 3 fully saturated rings. The van der Waals surface area contributed by atoms with Crippen LogP contribution in [0.3, 0.4) is 0 Å². The Morgan fingerprint density at radius 1 is 1.23 bits per heavy atom. The quantitative estimate of drug-likeness (QED) is 0.898. The number of rotatable bonds is 3. The number of aliphatic hydroxyl groups excluding tert-OH is 1. The van der Waals surface area contributed by atoms with Crippen LogP contribution in [0.25, 0.3) is 0 Å². The molecule has 6 heteroatoms. The van der Waals surface area contributed by atoms with Gasteiger partial charge in [0.25, 0.3) is 0 Å². The van der Waals surface area contributed by atoms with E-state index in [9.17, 15) is 19.1 Å². The van der Waals surface area contributed by atoms with Crippen molar-refractivity contribution >= 4 is 11.8 Å². The highest BCUT2D eigenvalue weighted by atomic mass is 19.1. The summed E-state index contributed by atoms with van der Waals surface area (Å²) in [4.78, 5) is 28.8. The summed E-state index contributed by atoms with van der Waals surface area (Å²) >= 11 is 0. The number of likely N-dealkylation sites (tertiary alicyclic amines) is 2. The zero-order valence-corrected chi connectivity index (χ0v) is 14.9. The molecule has 1 aromatic carbocycles. The van der Waals surface area contributed by atoms with Gasteiger partial charge in [-0.25, -0.2) is 4.39 Å². The predicted molar refractivity (Wildman–Crippen MR) is 93.5 cm³/mol. The minimum Gasteiger partial charge on any atom is -0.393 e. The molecule has 2 aliphatic heterocycles. The molecule has 5 nitrogen and oxygen atoms in total. The maximum Gasteiger partial charge on any atom is 0.225 e. The molecule has 0 radical (unpaired) electrons. The van der Waals surface area contributed by atoms with Crippen molar-refractivity contribution in [3.8, 4) is 0 Å². The molecule has 1 aliphatic carbocycles. The van der Waals surface area contributed by atoms with Crippen molar-refractivity contribution in [2.75, 3.05) is 13.1 Å². The van der Waals surface area contributed by atoms with E-state index in [-0.39, 0.29) is 35.2 Å². The molecule has 1 spiro atoms. The van der Waals surface area contributed by atoms with Gasteiger partial charge in [0.05, 0.1) is 6.10 Å². The number of hydrogen-bond donors (Lipinski definition) is 1. The van der Waals surface area contributed by atoms with E-state index < -0.39 is 0 Å². The number of amides is 2. The molecule has 1 aromatic rings. The highest BCUT2D eigenvalue weighted by Gasteiger charge is 2.48. The Morgan fingerprint density at radius 2 is 1.96 bits per heavy atom. The summed E-state index contributed by atoms with van der Waals surface area (Å²) < 4.78 is 13.5. The van der Waals surface area contributed by atoms with E-state index in [0.29, 0.717) is 38.9 Å². The standard InChI is InChI=1S/C20H25FN2O3/c21-16-3-1-2-14(10-16)13-23-18(25)4-5-20(23)6-8-22(9-7-20)19(26)15-11-17(24)12-15/h1-3,10,15,17,24H,4-9,11-13H2. The minimum absolute atomic E-state index is 0.0346. The van der Waals surface area contributed by atoms with Crippen LogP contribution in [-0.2, 0) is 16.1 Å². The van der Waals surface area contributed by atoms with E-state index in [0.717, 1.165) is 24.8 Å². The Balaban J connectivity index is 1.42. The second-order valence-corrected chi connectivity index (χ2v) is 7.98. The number of nitrogens with zero attached hydrogens (tertiary/aromatic N) is 2. The highest BCUT2D eigenvalue weighted by molar-refractivity contribution is 5.81. The average molecular weight is 360 g/mol. The van der Waals surface area contributed by atoms with Crippen LogP contribution < -0.4 is 0 Å². The first kappa shape index (κ1) is 17.5. The maximum absolute atomic E-state index is 13.5. The molecule has 2 amide bonds. The van der Waals surface area contributed by atoms with Gasteiger partial charge < -0.3 is 14.9 Å². The first-order valence-corrected chi connectivity index (χ1v) is 9.49. The van der Waals surface area contributed by atoms with Crippen molar-refractivity contribution in [3.63, 3.8) is 0 Å². The lowest BCUT2D eigenvalue weighted by Crippen LogP contribution is -2.55. The normalized spacial score (nSPS) is 27.7. The van der Waals surface area contributed by atoms with Gasteiger partial charge in [-0.1, -0.05) is 12.1 Å². The number of piperidine rings is 1. The number of carbonyl (C=O) groups excluding carboxylic acids is 2. The van der Waals surface area contributed by atoms with Crippen molar-refractivity contribution in [3.05, 3.63) is 35.6 Å². The second-order valence-electron chi connectivity index (χ2n) is 7.98. The van der Waals surface area contributed by atoms with Crippen LogP contribution in [0.2, 0.25) is 0 Å². The Bertz CT molecular complexity index is 709. The predicted octanol–water partition coefficient (Wildman–Crippen LogP) is 2.08. The van der Waals surface area contributed by atoms with Crippen LogP contribution in [-0.4, -0.2) is 51.5 Å². The van der Waals surface area contributed by atoms with Crippen LogP contribution in [0.1, 0.15) is 44.1 Å². The fraction of sp³-hybridized carbons (Fsp3) is 0.600. The van der Waals surface area contributed by atoms with Crippen molar-refractivity contribution in [2.24, 2.45) is 5.92 Å². The molecule has 0 unspecified atom stereocenters. The Labute approximate surface area is 152 Å². The number of hydrogen-bond acceptors (Lipinski definition) is 3. The van der Waals surface area contributed by atoms with E-state index >= 15 is 0 Å². The van der Waals surface area contributed by atoms with E-state index in [1.165, 1.54) is 12.1 Å². The van der Waals surface area contributed by atoms with Gasteiger partial charge in [-0.2, -0.15) is 0 Å². The summed E-state index contributed by atoms with van der Waals surface area (Å²) in [7, 11) is 0. The summed E-state index contributed by atoms with van der Waals surface area (Å²) in [5, 5.41) is 9.42. The summed E-state index contributed by atoms with van der Waals surface area (Å²) in [6.45, 7) is 1.73. The van der Waals surface area contributed by atoms with Crippen LogP contribution in [0, 0.1) is 11.7 Å². The molecule has 0 atom stereocenters. The van der Waals surface area contributed by atoms with Gasteiger partial charge in [-0.3, -0.25) is 9.59 Å². The van der Waals surface area contributed by atoms with Gasteiger partial charge in [0.15, 0.2) is 0 Å². The van der Waals surface area contributed by atoms with Crippen LogP contribution in [0.15, 0.2) is 24.3 Å². The fourth-order valence-electron chi connectivity index (χ4n) is 4.66. The maximum atomic E-state index is 13.5. The lowest BCUT2D eigenvalue weighted by Gasteiger charge is -2.46. The molecule has 1 saturated carbocycles. The van der Waals surface area contributed by atoms with E-state index in [2.05, 4.69) is 0 Å². The molecular formula is C20H25FN2O3. The Morgan fingerprint density at radius 3 is 2.62 bits per heavy atom. The molecule has 4 rings (SSSR count). The lowest BCUT2D eigenvalue weighted by atomic mass is 9.79. The molecule has 2 saturated heterocycles. The van der Waals surface area contributed by atoms with Crippen molar-refractivity contribution in [2.45, 2.75) is 56.7 Å². The molecule has 2 heterocycles. The minimum atomic E-state index is -0.325. The number of halogens is 1. The third kappa shape index (κ3) is 3.11. The zero-order valence-electron chi connectivity index (χ0n) is 14.9. The first-order valence-electron chi connectivity index (χ1n) is 9.49. The summed E-state index contributed by atoms with van der Waals surface area (Å²) in [5.74, 6) is -0.0544. The number of aliphatic hydroxyl groups is 1. The molecule has 0 aromatic heterocycles. The first-order chi connectivity index (χ1) is 12.5. The van der Waals surface area contributed by atoms with E-state index in [1.807, 2.05) is 15.9 Å². The van der Waals surface area contributed by atoms with Crippen molar-refractivity contribution < 1.29 is 19.1 Å². The molecule has 3 aliphatic rings. The lowest BCUT2D eigenvalue weighted by molar-refractivity contribution is -0.145. The topological polar surface area (TPSA) is 60.9 Å². The molecule has 140 valence electrons. The van der Waals surface area contributed by atoms with Gasteiger partial charge in [0, 0.05) is 37.5 Å². The average Bonchev–Trinajstić information content (AvgIpc) is 2.89. The Hall–Kier alpha value is -1.95. The van der Waals surface area contributed by atoms with Crippen molar-refractivity contribution in [1.82, 2.24) is 9.80 Å². The SMILES string of the molecule is O=C(C1CC(O)C1)N1CCC2(CCC(=O)N2Cc2cccc(F)c2)CC1. The van der Waals surface area contributed by atoms with Gasteiger partial charge in [-0.15, -0.1) is 0 Å². The molecular weight excluding hydrogens is 335 g/mol. The van der Waals surface area contributed by atoms with E-state index in [1.54, 1.807) is 6.07 Å². The monoisotopic (exact) mass is 360 g/mol. The fourth-order valence-corrected chi connectivity index (χ4v) is 4.66. The zero-order chi connectivity index (χ0) is 18.3. The Kier molecular flexibility index (Phi) is 4.47. The van der Waals surface area contributed by atoms with Gasteiger partial charge in [0.1, 0.15) is 5.82 Å². The van der Waals surface area contributed by atoms with E-state index in [4.69, 9.17) is 0 Å². The number of benzene rings is 1. The largest absolute Gasteiger partial charge is 0.393 e. The molecule has 1 N–H and O–H groups in total. The summed E-state index contributed by atoms with van der Waals surface area (Å²) in [6.07, 6.45) is 3.71. The third-order valence-corrected chi connectivity index (χ3v) is 6.38. The van der Waals surface area contributed by atoms with Gasteiger partial charge in [0.2, 0.25) is 11.8 Å². The second kappa shape index (κ2) is 6.65. The van der Waals surface area contributed by atoms with Crippen LogP contribution in [0.5, 0.6) is 0 Å². The number of carbonyl (C=O) groups is 2. The highest BCUT2D eigenvalue weighted by Crippen LogP contribution is 2.41. The molecule has 0 bridgehead atoms. The van der Waals surface area contributed by atoms with Crippen molar-refractivity contribution in [1.29, 1.82) is 0 Å². The van der Waals surface area contributed by atoms with Crippen LogP contribution in [0.4, 0.5) is 4.39 Å². The summed E-state index contributed by atoms with van der Waals surface area (Å²) in [6, 6.07) is 6.42. The van der Waals surface area contributed by atoms with Gasteiger partial charge in [-0.05, 0) is 49.8 Å². The smallest absolute Gasteiger partial charge is 0.225 e. The molecule has 26 heavy (non-hydrogen) atoms. The van der Waals surface area contributed by atoms with Gasteiger partial charge >= 0.3 is 0 Å². The third-order valence-electron chi connectivity index (χ3n) is 6.38. The summed E-state index contributed by atoms with van der Waals surface area (Å²) in [5.41, 5.74) is 0.598. The van der Waals surface area contributed by atoms with Crippen LogP contribution >= 0.6 is 0 Å².